The van der Waals surface area contributed by atoms with Crippen LogP contribution in [0, 0.1) is 18.8 Å². The summed E-state index contributed by atoms with van der Waals surface area (Å²) in [5.41, 5.74) is 0.155. The van der Waals surface area contributed by atoms with Crippen molar-refractivity contribution in [1.82, 2.24) is 20.2 Å². The number of anilines is 1. The minimum atomic E-state index is -0.587. The molecule has 0 saturated heterocycles. The van der Waals surface area contributed by atoms with Gasteiger partial charge in [-0.3, -0.25) is 4.79 Å². The van der Waals surface area contributed by atoms with Crippen LogP contribution in [0.15, 0.2) is 6.20 Å². The number of amides is 2. The van der Waals surface area contributed by atoms with Crippen LogP contribution in [0.5, 0.6) is 0 Å². The van der Waals surface area contributed by atoms with E-state index >= 15 is 0 Å². The van der Waals surface area contributed by atoms with Crippen molar-refractivity contribution < 1.29 is 14.3 Å². The fourth-order valence-electron chi connectivity index (χ4n) is 1.99. The highest BCUT2D eigenvalue weighted by atomic mass is 16.6. The third-order valence-electron chi connectivity index (χ3n) is 3.26. The Morgan fingerprint density at radius 1 is 1.33 bits per heavy atom. The number of likely N-dealkylation sites (N-methyl/N-ethyl adjacent to an activating group) is 1. The third-order valence-corrected chi connectivity index (χ3v) is 3.26. The van der Waals surface area contributed by atoms with E-state index in [-0.39, 0.29) is 12.5 Å². The molecule has 0 aliphatic heterocycles. The Kier molecular flexibility index (Phi) is 8.52. The molecule has 0 radical (unpaired) electrons. The summed E-state index contributed by atoms with van der Waals surface area (Å²) in [5, 5.41) is 5.76. The van der Waals surface area contributed by atoms with Gasteiger partial charge in [0.25, 0.3) is 0 Å². The van der Waals surface area contributed by atoms with Crippen molar-refractivity contribution in [3.63, 3.8) is 0 Å². The molecule has 27 heavy (non-hydrogen) atoms. The molecule has 0 fully saturated rings. The van der Waals surface area contributed by atoms with E-state index in [1.165, 1.54) is 11.9 Å². The number of carbonyl (C=O) groups excluding carboxylic acids is 2. The summed E-state index contributed by atoms with van der Waals surface area (Å²) < 4.78 is 5.20. The van der Waals surface area contributed by atoms with E-state index in [0.717, 1.165) is 5.56 Å². The van der Waals surface area contributed by atoms with Crippen LogP contribution in [0.2, 0.25) is 0 Å². The largest absolute Gasteiger partial charge is 0.444 e. The molecule has 0 atom stereocenters. The normalized spacial score (nSPS) is 10.4. The summed E-state index contributed by atoms with van der Waals surface area (Å²) >= 11 is 0. The van der Waals surface area contributed by atoms with Crippen LogP contribution in [0.25, 0.3) is 0 Å². The molecule has 0 aromatic carbocycles. The number of nitrogens with one attached hydrogen (secondary N) is 2. The molecule has 1 aromatic heterocycles. The van der Waals surface area contributed by atoms with Gasteiger partial charge in [-0.15, -0.1) is 0 Å². The lowest BCUT2D eigenvalue weighted by molar-refractivity contribution is -0.122. The summed E-state index contributed by atoms with van der Waals surface area (Å²) in [6, 6.07) is 0. The standard InChI is InChI=1S/C19H29N5O3/c1-14-22-12-15(17(20-5)23-14)10-8-7-9-11-21-16(25)13-24(6)18(26)27-19(2,3)4/h12H,7,9,11,13H2,1-6H3,(H,21,25)(H,20,22,23). The molecule has 1 heterocycles. The van der Waals surface area contributed by atoms with E-state index < -0.39 is 11.7 Å². The molecule has 2 N–H and O–H groups in total. The fraction of sp³-hybridized carbons (Fsp3) is 0.579. The van der Waals surface area contributed by atoms with Gasteiger partial charge in [0.1, 0.15) is 23.8 Å². The van der Waals surface area contributed by atoms with Crippen LogP contribution in [-0.2, 0) is 9.53 Å². The summed E-state index contributed by atoms with van der Waals surface area (Å²) in [7, 11) is 3.32. The van der Waals surface area contributed by atoms with Crippen molar-refractivity contribution >= 4 is 17.8 Å². The Labute approximate surface area is 161 Å². The number of hydrogen-bond donors (Lipinski definition) is 2. The first-order valence-corrected chi connectivity index (χ1v) is 8.83. The zero-order valence-corrected chi connectivity index (χ0v) is 17.0. The van der Waals surface area contributed by atoms with Crippen molar-refractivity contribution in [2.45, 2.75) is 46.1 Å². The van der Waals surface area contributed by atoms with Gasteiger partial charge in [0.15, 0.2) is 0 Å². The predicted octanol–water partition coefficient (Wildman–Crippen LogP) is 1.94. The minimum absolute atomic E-state index is 0.0488. The maximum atomic E-state index is 11.9. The molecule has 0 aliphatic rings. The average Bonchev–Trinajstić information content (AvgIpc) is 2.57. The molecule has 0 saturated carbocycles. The third kappa shape index (κ3) is 8.90. The van der Waals surface area contributed by atoms with Crippen LogP contribution in [0.1, 0.15) is 45.0 Å². The second-order valence-electron chi connectivity index (χ2n) is 7.02. The molecular weight excluding hydrogens is 346 g/mol. The Hall–Kier alpha value is -2.82. The van der Waals surface area contributed by atoms with Crippen molar-refractivity contribution in [2.24, 2.45) is 0 Å². The van der Waals surface area contributed by atoms with Crippen LogP contribution in [0.3, 0.4) is 0 Å². The van der Waals surface area contributed by atoms with Crippen molar-refractivity contribution in [3.05, 3.63) is 17.6 Å². The maximum absolute atomic E-state index is 11.9. The van der Waals surface area contributed by atoms with Crippen molar-refractivity contribution in [1.29, 1.82) is 0 Å². The molecular formula is C19H29N5O3. The van der Waals surface area contributed by atoms with Crippen LogP contribution in [0.4, 0.5) is 10.6 Å². The second-order valence-corrected chi connectivity index (χ2v) is 7.02. The second kappa shape index (κ2) is 10.4. The Balaban J connectivity index is 2.33. The Morgan fingerprint density at radius 2 is 2.04 bits per heavy atom. The lowest BCUT2D eigenvalue weighted by atomic mass is 10.2. The van der Waals surface area contributed by atoms with E-state index in [1.54, 1.807) is 34.0 Å². The lowest BCUT2D eigenvalue weighted by Gasteiger charge is -2.24. The molecule has 1 rings (SSSR count). The molecule has 8 heteroatoms. The zero-order valence-electron chi connectivity index (χ0n) is 17.0. The van der Waals surface area contributed by atoms with Gasteiger partial charge >= 0.3 is 6.09 Å². The van der Waals surface area contributed by atoms with Gasteiger partial charge in [0.05, 0.1) is 5.56 Å². The molecule has 0 aliphatic carbocycles. The Bertz CT molecular complexity index is 716. The fourth-order valence-corrected chi connectivity index (χ4v) is 1.99. The molecule has 148 valence electrons. The summed E-state index contributed by atoms with van der Waals surface area (Å²) in [6.07, 6.45) is 2.50. The maximum Gasteiger partial charge on any atom is 0.410 e. The van der Waals surface area contributed by atoms with Gasteiger partial charge < -0.3 is 20.3 Å². The number of carbonyl (C=O) groups is 2. The van der Waals surface area contributed by atoms with Crippen LogP contribution >= 0.6 is 0 Å². The number of nitrogens with zero attached hydrogens (tertiary/aromatic N) is 3. The summed E-state index contributed by atoms with van der Waals surface area (Å²) in [5.74, 6) is 7.23. The number of aryl methyl sites for hydroxylation is 1. The topological polar surface area (TPSA) is 96.5 Å². The van der Waals surface area contributed by atoms with E-state index in [4.69, 9.17) is 4.74 Å². The molecule has 1 aromatic rings. The SMILES string of the molecule is CNc1nc(C)ncc1C#CCCCNC(=O)CN(C)C(=O)OC(C)(C)C. The molecule has 0 unspecified atom stereocenters. The highest BCUT2D eigenvalue weighted by Crippen LogP contribution is 2.09. The van der Waals surface area contributed by atoms with Gasteiger partial charge in [0.2, 0.25) is 5.91 Å². The highest BCUT2D eigenvalue weighted by molar-refractivity contribution is 5.82. The number of ether oxygens (including phenoxy) is 1. The zero-order chi connectivity index (χ0) is 20.4. The van der Waals surface area contributed by atoms with Gasteiger partial charge in [0, 0.05) is 33.3 Å². The smallest absolute Gasteiger partial charge is 0.410 e. The van der Waals surface area contributed by atoms with E-state index in [0.29, 0.717) is 31.0 Å². The number of aromatic nitrogens is 2. The number of hydrogen-bond acceptors (Lipinski definition) is 6. The van der Waals surface area contributed by atoms with Crippen LogP contribution < -0.4 is 10.6 Å². The number of rotatable bonds is 6. The number of unbranched alkanes of at least 4 members (excludes halogenated alkanes) is 1. The summed E-state index contributed by atoms with van der Waals surface area (Å²) in [4.78, 5) is 33.3. The molecule has 8 nitrogen and oxygen atoms in total. The van der Waals surface area contributed by atoms with Crippen LogP contribution in [-0.4, -0.2) is 59.7 Å². The highest BCUT2D eigenvalue weighted by Gasteiger charge is 2.20. The van der Waals surface area contributed by atoms with Crippen molar-refractivity contribution in [3.8, 4) is 11.8 Å². The van der Waals surface area contributed by atoms with Gasteiger partial charge in [-0.1, -0.05) is 11.8 Å². The minimum Gasteiger partial charge on any atom is -0.444 e. The quantitative estimate of drug-likeness (QED) is 0.583. The lowest BCUT2D eigenvalue weighted by Crippen LogP contribution is -2.41. The van der Waals surface area contributed by atoms with Gasteiger partial charge in [-0.05, 0) is 34.1 Å². The van der Waals surface area contributed by atoms with E-state index in [9.17, 15) is 9.59 Å². The molecule has 0 spiro atoms. The molecule has 2 amide bonds. The first-order chi connectivity index (χ1) is 12.6. The van der Waals surface area contributed by atoms with Gasteiger partial charge in [-0.2, -0.15) is 0 Å². The first-order valence-electron chi connectivity index (χ1n) is 8.83. The first kappa shape index (κ1) is 22.2. The molecule has 0 bridgehead atoms. The summed E-state index contributed by atoms with van der Waals surface area (Å²) in [6.45, 7) is 7.60. The Morgan fingerprint density at radius 3 is 2.67 bits per heavy atom. The van der Waals surface area contributed by atoms with E-state index in [1.807, 2.05) is 6.92 Å². The monoisotopic (exact) mass is 375 g/mol. The van der Waals surface area contributed by atoms with Gasteiger partial charge in [-0.25, -0.2) is 14.8 Å². The van der Waals surface area contributed by atoms with Crippen molar-refractivity contribution in [2.75, 3.05) is 32.5 Å². The predicted molar refractivity (Wildman–Crippen MR) is 104 cm³/mol. The van der Waals surface area contributed by atoms with E-state index in [2.05, 4.69) is 32.4 Å². The average molecular weight is 375 g/mol.